The predicted molar refractivity (Wildman–Crippen MR) is 83.9 cm³/mol. The Morgan fingerprint density at radius 3 is 2.75 bits per heavy atom. The third-order valence-corrected chi connectivity index (χ3v) is 5.14. The zero-order chi connectivity index (χ0) is 14.9. The zero-order valence-corrected chi connectivity index (χ0v) is 13.6. The first-order chi connectivity index (χ1) is 9.43. The van der Waals surface area contributed by atoms with Crippen LogP contribution < -0.4 is 5.73 Å². The van der Waals surface area contributed by atoms with Gasteiger partial charge in [-0.15, -0.1) is 11.3 Å². The average molecular weight is 295 g/mol. The Kier molecular flexibility index (Phi) is 4.83. The summed E-state index contributed by atoms with van der Waals surface area (Å²) in [7, 11) is 3.66. The van der Waals surface area contributed by atoms with E-state index in [1.807, 2.05) is 21.0 Å². The van der Waals surface area contributed by atoms with Gasteiger partial charge in [-0.2, -0.15) is 0 Å². The zero-order valence-electron chi connectivity index (χ0n) is 12.8. The fourth-order valence-electron chi connectivity index (χ4n) is 3.06. The maximum absolute atomic E-state index is 12.4. The van der Waals surface area contributed by atoms with E-state index in [2.05, 4.69) is 23.3 Å². The molecule has 2 rings (SSSR count). The summed E-state index contributed by atoms with van der Waals surface area (Å²) in [5.74, 6) is 0.197. The van der Waals surface area contributed by atoms with Gasteiger partial charge in [-0.1, -0.05) is 0 Å². The van der Waals surface area contributed by atoms with Gasteiger partial charge in [0.05, 0.1) is 12.1 Å². The van der Waals surface area contributed by atoms with Gasteiger partial charge in [-0.3, -0.25) is 9.69 Å². The second-order valence-electron chi connectivity index (χ2n) is 5.90. The van der Waals surface area contributed by atoms with Crippen LogP contribution >= 0.6 is 11.3 Å². The second-order valence-corrected chi connectivity index (χ2v) is 6.85. The number of likely N-dealkylation sites (N-methyl/N-ethyl adjacent to an activating group) is 1. The van der Waals surface area contributed by atoms with Crippen LogP contribution in [0.4, 0.5) is 0 Å². The summed E-state index contributed by atoms with van der Waals surface area (Å²) in [6.07, 6.45) is 2.00. The van der Waals surface area contributed by atoms with Gasteiger partial charge in [0.1, 0.15) is 0 Å². The molecule has 2 heterocycles. The molecular weight excluding hydrogens is 270 g/mol. The third-order valence-electron chi connectivity index (χ3n) is 4.05. The van der Waals surface area contributed by atoms with Crippen LogP contribution in [0.15, 0.2) is 11.4 Å². The number of carbonyl (C=O) groups excluding carboxylic acids is 1. The Hall–Kier alpha value is -0.910. The molecule has 1 amide bonds. The molecule has 0 aromatic carbocycles. The smallest absolute Gasteiger partial charge is 0.239 e. The highest BCUT2D eigenvalue weighted by atomic mass is 32.1. The number of nitrogens with zero attached hydrogens (tertiary/aromatic N) is 2. The van der Waals surface area contributed by atoms with Crippen LogP contribution in [-0.4, -0.2) is 48.4 Å². The van der Waals surface area contributed by atoms with Crippen molar-refractivity contribution in [3.8, 4) is 0 Å². The molecule has 0 spiro atoms. The standard InChI is InChI=1S/C15H25N3OS/c1-10-7-9-20-14(10)13(11(2)16)18-8-5-6-12(18)15(19)17(3)4/h7,9,11-13H,5-6,8,16H2,1-4H3. The van der Waals surface area contributed by atoms with Gasteiger partial charge in [0.2, 0.25) is 5.91 Å². The number of amides is 1. The maximum atomic E-state index is 12.4. The van der Waals surface area contributed by atoms with Gasteiger partial charge in [0.15, 0.2) is 0 Å². The molecule has 20 heavy (non-hydrogen) atoms. The van der Waals surface area contributed by atoms with Crippen LogP contribution in [0, 0.1) is 6.92 Å². The highest BCUT2D eigenvalue weighted by molar-refractivity contribution is 7.10. The summed E-state index contributed by atoms with van der Waals surface area (Å²) in [6, 6.07) is 2.27. The van der Waals surface area contributed by atoms with Gasteiger partial charge in [-0.05, 0) is 50.2 Å². The van der Waals surface area contributed by atoms with Crippen LogP contribution in [0.3, 0.4) is 0 Å². The highest BCUT2D eigenvalue weighted by Crippen LogP contribution is 2.36. The number of rotatable bonds is 4. The molecule has 0 aliphatic carbocycles. The van der Waals surface area contributed by atoms with E-state index in [1.54, 1.807) is 16.2 Å². The minimum atomic E-state index is -0.0255. The molecule has 4 nitrogen and oxygen atoms in total. The van der Waals surface area contributed by atoms with Gasteiger partial charge >= 0.3 is 0 Å². The first-order valence-corrected chi connectivity index (χ1v) is 8.08. The number of hydrogen-bond donors (Lipinski definition) is 1. The predicted octanol–water partition coefficient (Wildman–Crippen LogP) is 2.00. The second kappa shape index (κ2) is 6.24. The fraction of sp³-hybridized carbons (Fsp3) is 0.667. The summed E-state index contributed by atoms with van der Waals surface area (Å²) in [5.41, 5.74) is 7.53. The number of hydrogen-bond acceptors (Lipinski definition) is 4. The molecule has 2 N–H and O–H groups in total. The molecule has 0 radical (unpaired) electrons. The Bertz CT molecular complexity index is 469. The van der Waals surface area contributed by atoms with E-state index in [4.69, 9.17) is 5.73 Å². The van der Waals surface area contributed by atoms with E-state index < -0.39 is 0 Å². The number of nitrogens with two attached hydrogens (primary N) is 1. The fourth-order valence-corrected chi connectivity index (χ4v) is 4.23. The van der Waals surface area contributed by atoms with E-state index in [1.165, 1.54) is 10.4 Å². The molecular formula is C15H25N3OS. The summed E-state index contributed by atoms with van der Waals surface area (Å²) in [4.78, 5) is 17.7. The lowest BCUT2D eigenvalue weighted by atomic mass is 10.0. The van der Waals surface area contributed by atoms with Crippen molar-refractivity contribution in [3.63, 3.8) is 0 Å². The van der Waals surface area contributed by atoms with Crippen LogP contribution in [-0.2, 0) is 4.79 Å². The number of carbonyl (C=O) groups is 1. The van der Waals surface area contributed by atoms with Crippen LogP contribution in [0.1, 0.15) is 36.2 Å². The first kappa shape index (κ1) is 15.5. The summed E-state index contributed by atoms with van der Waals surface area (Å²) in [6.45, 7) is 5.12. The molecule has 1 aromatic heterocycles. The normalized spacial score (nSPS) is 22.8. The van der Waals surface area contributed by atoms with Gasteiger partial charge in [0.25, 0.3) is 0 Å². The molecule has 1 aliphatic rings. The van der Waals surface area contributed by atoms with Crippen molar-refractivity contribution >= 4 is 17.2 Å². The minimum Gasteiger partial charge on any atom is -0.347 e. The van der Waals surface area contributed by atoms with E-state index >= 15 is 0 Å². The largest absolute Gasteiger partial charge is 0.347 e. The third kappa shape index (κ3) is 2.90. The van der Waals surface area contributed by atoms with Gasteiger partial charge in [-0.25, -0.2) is 0 Å². The van der Waals surface area contributed by atoms with Crippen molar-refractivity contribution < 1.29 is 4.79 Å². The van der Waals surface area contributed by atoms with Gasteiger partial charge in [0, 0.05) is 25.0 Å². The number of thiophene rings is 1. The molecule has 1 aliphatic heterocycles. The van der Waals surface area contributed by atoms with Crippen molar-refractivity contribution in [3.05, 3.63) is 21.9 Å². The van der Waals surface area contributed by atoms with Crippen molar-refractivity contribution in [2.45, 2.75) is 44.8 Å². The number of likely N-dealkylation sites (tertiary alicyclic amines) is 1. The molecule has 1 saturated heterocycles. The average Bonchev–Trinajstić information content (AvgIpc) is 2.99. The topological polar surface area (TPSA) is 49.6 Å². The van der Waals surface area contributed by atoms with Gasteiger partial charge < -0.3 is 10.6 Å². The highest BCUT2D eigenvalue weighted by Gasteiger charge is 2.38. The lowest BCUT2D eigenvalue weighted by Gasteiger charge is -2.35. The summed E-state index contributed by atoms with van der Waals surface area (Å²) < 4.78 is 0. The van der Waals surface area contributed by atoms with E-state index in [-0.39, 0.29) is 24.0 Å². The van der Waals surface area contributed by atoms with Crippen molar-refractivity contribution in [2.24, 2.45) is 5.73 Å². The van der Waals surface area contributed by atoms with Crippen molar-refractivity contribution in [1.82, 2.24) is 9.80 Å². The quantitative estimate of drug-likeness (QED) is 0.924. The minimum absolute atomic E-state index is 0.0166. The summed E-state index contributed by atoms with van der Waals surface area (Å²) in [5, 5.41) is 2.11. The Morgan fingerprint density at radius 1 is 1.55 bits per heavy atom. The molecule has 1 aromatic rings. The van der Waals surface area contributed by atoms with E-state index in [0.717, 1.165) is 19.4 Å². The van der Waals surface area contributed by atoms with Crippen molar-refractivity contribution in [2.75, 3.05) is 20.6 Å². The molecule has 0 saturated carbocycles. The van der Waals surface area contributed by atoms with E-state index in [9.17, 15) is 4.79 Å². The van der Waals surface area contributed by atoms with Crippen LogP contribution in [0.2, 0.25) is 0 Å². The van der Waals surface area contributed by atoms with Crippen LogP contribution in [0.5, 0.6) is 0 Å². The lowest BCUT2D eigenvalue weighted by molar-refractivity contribution is -0.134. The van der Waals surface area contributed by atoms with Crippen LogP contribution in [0.25, 0.3) is 0 Å². The molecule has 112 valence electrons. The monoisotopic (exact) mass is 295 g/mol. The SMILES string of the molecule is Cc1ccsc1C(C(C)N)N1CCCC1C(=O)N(C)C. The molecule has 3 unspecified atom stereocenters. The molecule has 5 heteroatoms. The maximum Gasteiger partial charge on any atom is 0.239 e. The summed E-state index contributed by atoms with van der Waals surface area (Å²) >= 11 is 1.75. The number of aryl methyl sites for hydroxylation is 1. The molecule has 0 bridgehead atoms. The van der Waals surface area contributed by atoms with Crippen molar-refractivity contribution in [1.29, 1.82) is 0 Å². The molecule has 3 atom stereocenters. The van der Waals surface area contributed by atoms with E-state index in [0.29, 0.717) is 0 Å². The Balaban J connectivity index is 2.30. The lowest BCUT2D eigenvalue weighted by Crippen LogP contribution is -2.48. The molecule has 1 fully saturated rings. The Labute approximate surface area is 125 Å². The first-order valence-electron chi connectivity index (χ1n) is 7.20. The Morgan fingerprint density at radius 2 is 2.25 bits per heavy atom.